The van der Waals surface area contributed by atoms with E-state index in [1.807, 2.05) is 30.3 Å². The fourth-order valence-electron chi connectivity index (χ4n) is 2.40. The molecule has 108 valence electrons. The second-order valence-electron chi connectivity index (χ2n) is 4.84. The van der Waals surface area contributed by atoms with Crippen LogP contribution in [-0.2, 0) is 11.3 Å². The molecule has 3 aromatic rings. The molecule has 21 heavy (non-hydrogen) atoms. The first-order valence-electron chi connectivity index (χ1n) is 6.74. The van der Waals surface area contributed by atoms with Gasteiger partial charge in [-0.15, -0.1) is 0 Å². The van der Waals surface area contributed by atoms with Gasteiger partial charge in [0.2, 0.25) is 0 Å². The molecule has 5 heteroatoms. The third-order valence-corrected chi connectivity index (χ3v) is 3.46. The van der Waals surface area contributed by atoms with Crippen LogP contribution in [0.2, 0.25) is 0 Å². The Labute approximate surface area is 122 Å². The Balaban J connectivity index is 2.17. The van der Waals surface area contributed by atoms with Gasteiger partial charge in [-0.05, 0) is 30.3 Å². The van der Waals surface area contributed by atoms with Crippen molar-refractivity contribution in [2.45, 2.75) is 6.54 Å². The highest BCUT2D eigenvalue weighted by Crippen LogP contribution is 2.29. The molecule has 0 atom stereocenters. The van der Waals surface area contributed by atoms with Crippen molar-refractivity contribution < 1.29 is 9.84 Å². The standard InChI is InChI=1S/C16H17N3O2/c1-21-9-8-19-14-5-3-2-4-13(14)18-16(19)11-6-7-15(20)12(17)10-11/h2-7,10,20H,8-9,17H2,1H3. The smallest absolute Gasteiger partial charge is 0.141 e. The molecule has 0 bridgehead atoms. The summed E-state index contributed by atoms with van der Waals surface area (Å²) < 4.78 is 7.29. The maximum absolute atomic E-state index is 9.57. The molecule has 0 spiro atoms. The maximum atomic E-state index is 9.57. The lowest BCUT2D eigenvalue weighted by Crippen LogP contribution is -2.06. The number of anilines is 1. The number of phenolic OH excluding ortho intramolecular Hbond substituents is 1. The van der Waals surface area contributed by atoms with E-state index in [4.69, 9.17) is 10.5 Å². The van der Waals surface area contributed by atoms with Crippen molar-refractivity contribution in [2.75, 3.05) is 19.5 Å². The summed E-state index contributed by atoms with van der Waals surface area (Å²) in [6.07, 6.45) is 0. The minimum absolute atomic E-state index is 0.0818. The molecule has 1 aromatic heterocycles. The van der Waals surface area contributed by atoms with Crippen LogP contribution in [0.5, 0.6) is 5.75 Å². The number of fused-ring (bicyclic) bond motifs is 1. The molecule has 0 saturated carbocycles. The van der Waals surface area contributed by atoms with E-state index in [1.165, 1.54) is 0 Å². The van der Waals surface area contributed by atoms with Gasteiger partial charge in [-0.1, -0.05) is 12.1 Å². The number of phenols is 1. The highest BCUT2D eigenvalue weighted by atomic mass is 16.5. The molecule has 0 aliphatic carbocycles. The second kappa shape index (κ2) is 5.46. The predicted molar refractivity (Wildman–Crippen MR) is 83.1 cm³/mol. The zero-order valence-electron chi connectivity index (χ0n) is 11.8. The van der Waals surface area contributed by atoms with Gasteiger partial charge >= 0.3 is 0 Å². The van der Waals surface area contributed by atoms with E-state index in [1.54, 1.807) is 19.2 Å². The number of para-hydroxylation sites is 2. The second-order valence-corrected chi connectivity index (χ2v) is 4.84. The summed E-state index contributed by atoms with van der Waals surface area (Å²) >= 11 is 0. The van der Waals surface area contributed by atoms with E-state index in [2.05, 4.69) is 9.55 Å². The fourth-order valence-corrected chi connectivity index (χ4v) is 2.40. The van der Waals surface area contributed by atoms with Crippen molar-refractivity contribution >= 4 is 16.7 Å². The molecule has 0 radical (unpaired) electrons. The van der Waals surface area contributed by atoms with Gasteiger partial charge in [-0.25, -0.2) is 4.98 Å². The van der Waals surface area contributed by atoms with Crippen LogP contribution in [0.25, 0.3) is 22.4 Å². The van der Waals surface area contributed by atoms with Gasteiger partial charge < -0.3 is 20.1 Å². The van der Waals surface area contributed by atoms with Gasteiger partial charge in [0.15, 0.2) is 0 Å². The zero-order valence-corrected chi connectivity index (χ0v) is 11.8. The number of methoxy groups -OCH3 is 1. The van der Waals surface area contributed by atoms with Crippen LogP contribution in [0.4, 0.5) is 5.69 Å². The van der Waals surface area contributed by atoms with Gasteiger partial charge in [0.1, 0.15) is 11.6 Å². The van der Waals surface area contributed by atoms with Crippen molar-refractivity contribution in [1.29, 1.82) is 0 Å². The van der Waals surface area contributed by atoms with Crippen LogP contribution in [0.15, 0.2) is 42.5 Å². The summed E-state index contributed by atoms with van der Waals surface area (Å²) in [5, 5.41) is 9.57. The third kappa shape index (κ3) is 2.43. The Bertz CT molecular complexity index is 780. The normalized spacial score (nSPS) is 11.1. The fraction of sp³-hybridized carbons (Fsp3) is 0.188. The number of ether oxygens (including phenoxy) is 1. The van der Waals surface area contributed by atoms with Crippen molar-refractivity contribution in [3.63, 3.8) is 0 Å². The molecule has 5 nitrogen and oxygen atoms in total. The van der Waals surface area contributed by atoms with Gasteiger partial charge in [-0.2, -0.15) is 0 Å². The summed E-state index contributed by atoms with van der Waals surface area (Å²) in [6, 6.07) is 13.1. The molecular weight excluding hydrogens is 266 g/mol. The van der Waals surface area contributed by atoms with Crippen molar-refractivity contribution in [3.05, 3.63) is 42.5 Å². The molecule has 0 unspecified atom stereocenters. The van der Waals surface area contributed by atoms with Gasteiger partial charge in [0.05, 0.1) is 23.3 Å². The van der Waals surface area contributed by atoms with Crippen LogP contribution in [-0.4, -0.2) is 28.4 Å². The number of aromatic nitrogens is 2. The summed E-state index contributed by atoms with van der Waals surface area (Å²) in [5.41, 5.74) is 8.99. The molecular formula is C16H17N3O2. The van der Waals surface area contributed by atoms with E-state index in [-0.39, 0.29) is 5.75 Å². The quantitative estimate of drug-likeness (QED) is 0.570. The average Bonchev–Trinajstić information content (AvgIpc) is 2.86. The van der Waals surface area contributed by atoms with Gasteiger partial charge in [0.25, 0.3) is 0 Å². The first-order chi connectivity index (χ1) is 10.2. The van der Waals surface area contributed by atoms with E-state index in [0.29, 0.717) is 18.8 Å². The summed E-state index contributed by atoms with van der Waals surface area (Å²) in [5.74, 6) is 0.901. The molecule has 0 amide bonds. The first-order valence-corrected chi connectivity index (χ1v) is 6.74. The summed E-state index contributed by atoms with van der Waals surface area (Å²) in [6.45, 7) is 1.30. The van der Waals surface area contributed by atoms with Crippen molar-refractivity contribution in [3.8, 4) is 17.1 Å². The number of rotatable bonds is 4. The predicted octanol–water partition coefficient (Wildman–Crippen LogP) is 2.64. The Hall–Kier alpha value is -2.53. The largest absolute Gasteiger partial charge is 0.506 e. The number of nitrogen functional groups attached to an aromatic ring is 1. The lowest BCUT2D eigenvalue weighted by Gasteiger charge is -2.09. The Morgan fingerprint density at radius 1 is 1.24 bits per heavy atom. The van der Waals surface area contributed by atoms with E-state index in [9.17, 15) is 5.11 Å². The van der Waals surface area contributed by atoms with Crippen LogP contribution in [0.1, 0.15) is 0 Å². The minimum atomic E-state index is 0.0818. The lowest BCUT2D eigenvalue weighted by molar-refractivity contribution is 0.188. The highest BCUT2D eigenvalue weighted by molar-refractivity contribution is 5.81. The zero-order chi connectivity index (χ0) is 14.8. The van der Waals surface area contributed by atoms with E-state index >= 15 is 0 Å². The first kappa shape index (κ1) is 13.5. The van der Waals surface area contributed by atoms with Gasteiger partial charge in [0, 0.05) is 19.2 Å². The summed E-state index contributed by atoms with van der Waals surface area (Å²) in [7, 11) is 1.68. The van der Waals surface area contributed by atoms with E-state index < -0.39 is 0 Å². The number of benzene rings is 2. The van der Waals surface area contributed by atoms with Crippen LogP contribution >= 0.6 is 0 Å². The van der Waals surface area contributed by atoms with Crippen molar-refractivity contribution in [2.24, 2.45) is 0 Å². The SMILES string of the molecule is COCCn1c(-c2ccc(O)c(N)c2)nc2ccccc21. The molecule has 0 aliphatic rings. The number of aromatic hydroxyl groups is 1. The number of hydrogen-bond donors (Lipinski definition) is 2. The molecule has 3 rings (SSSR count). The molecule has 0 saturated heterocycles. The third-order valence-electron chi connectivity index (χ3n) is 3.46. The number of imidazole rings is 1. The average molecular weight is 283 g/mol. The molecule has 0 aliphatic heterocycles. The minimum Gasteiger partial charge on any atom is -0.506 e. The number of hydrogen-bond acceptors (Lipinski definition) is 4. The van der Waals surface area contributed by atoms with Crippen LogP contribution in [0, 0.1) is 0 Å². The monoisotopic (exact) mass is 283 g/mol. The number of nitrogens with zero attached hydrogens (tertiary/aromatic N) is 2. The molecule has 0 fully saturated rings. The van der Waals surface area contributed by atoms with E-state index in [0.717, 1.165) is 22.4 Å². The van der Waals surface area contributed by atoms with Gasteiger partial charge in [-0.3, -0.25) is 0 Å². The molecule has 1 heterocycles. The highest BCUT2D eigenvalue weighted by Gasteiger charge is 2.13. The Morgan fingerprint density at radius 2 is 2.05 bits per heavy atom. The number of nitrogens with two attached hydrogens (primary N) is 1. The van der Waals surface area contributed by atoms with Crippen molar-refractivity contribution in [1.82, 2.24) is 9.55 Å². The van der Waals surface area contributed by atoms with Crippen LogP contribution in [0.3, 0.4) is 0 Å². The molecule has 2 aromatic carbocycles. The van der Waals surface area contributed by atoms with Crippen LogP contribution < -0.4 is 5.73 Å². The maximum Gasteiger partial charge on any atom is 0.141 e. The lowest BCUT2D eigenvalue weighted by atomic mass is 10.2. The Kier molecular flexibility index (Phi) is 3.50. The molecule has 3 N–H and O–H groups in total. The summed E-state index contributed by atoms with van der Waals surface area (Å²) in [4.78, 5) is 4.68. The Morgan fingerprint density at radius 3 is 2.81 bits per heavy atom. The topological polar surface area (TPSA) is 73.3 Å².